The largest absolute Gasteiger partial charge is 0.462 e. The fourth-order valence-electron chi connectivity index (χ4n) is 1.58. The molecule has 0 heterocycles. The summed E-state index contributed by atoms with van der Waals surface area (Å²) in [6.07, 6.45) is 1.75. The van der Waals surface area contributed by atoms with Gasteiger partial charge < -0.3 is 9.47 Å². The third-order valence-electron chi connectivity index (χ3n) is 2.55. The molecule has 0 radical (unpaired) electrons. The molecule has 4 nitrogen and oxygen atoms in total. The van der Waals surface area contributed by atoms with E-state index in [0.717, 1.165) is 16.4 Å². The Labute approximate surface area is 139 Å². The van der Waals surface area contributed by atoms with Crippen molar-refractivity contribution in [3.63, 3.8) is 0 Å². The number of ether oxygens (including phenoxy) is 2. The highest BCUT2D eigenvalue weighted by molar-refractivity contribution is 14.1. The highest BCUT2D eigenvalue weighted by Crippen LogP contribution is 2.19. The van der Waals surface area contributed by atoms with Crippen molar-refractivity contribution in [2.24, 2.45) is 0 Å². The highest BCUT2D eigenvalue weighted by atomic mass is 127. The molecule has 5 heteroatoms. The molecule has 1 aromatic carbocycles. The molecule has 0 saturated heterocycles. The number of carbonyl (C=O) groups is 2. The summed E-state index contributed by atoms with van der Waals surface area (Å²) < 4.78 is 11.4. The maximum absolute atomic E-state index is 12.2. The van der Waals surface area contributed by atoms with Crippen LogP contribution in [0, 0.1) is 3.57 Å². The van der Waals surface area contributed by atoms with Crippen LogP contribution in [0.3, 0.4) is 0 Å². The van der Waals surface area contributed by atoms with Crippen LogP contribution in [0.4, 0.5) is 0 Å². The molecule has 21 heavy (non-hydrogen) atoms. The van der Waals surface area contributed by atoms with Gasteiger partial charge in [-0.1, -0.05) is 13.3 Å². The van der Waals surface area contributed by atoms with Crippen molar-refractivity contribution in [2.75, 3.05) is 6.61 Å². The van der Waals surface area contributed by atoms with Gasteiger partial charge in [0.1, 0.15) is 5.60 Å². The number of benzene rings is 1. The van der Waals surface area contributed by atoms with Gasteiger partial charge in [0.05, 0.1) is 17.7 Å². The Bertz CT molecular complexity index is 517. The predicted molar refractivity (Wildman–Crippen MR) is 89.5 cm³/mol. The number of carbonyl (C=O) groups excluding carboxylic acids is 2. The molecular formula is C16H21IO4. The van der Waals surface area contributed by atoms with Crippen molar-refractivity contribution in [1.82, 2.24) is 0 Å². The smallest absolute Gasteiger partial charge is 0.339 e. The van der Waals surface area contributed by atoms with Crippen LogP contribution < -0.4 is 0 Å². The van der Waals surface area contributed by atoms with Gasteiger partial charge in [-0.15, -0.1) is 0 Å². The van der Waals surface area contributed by atoms with Crippen molar-refractivity contribution >= 4 is 34.5 Å². The second-order valence-corrected chi connectivity index (χ2v) is 6.93. The lowest BCUT2D eigenvalue weighted by molar-refractivity contribution is 0.00640. The first kappa shape index (κ1) is 17.9. The highest BCUT2D eigenvalue weighted by Gasteiger charge is 2.24. The van der Waals surface area contributed by atoms with E-state index in [1.807, 2.05) is 6.92 Å². The van der Waals surface area contributed by atoms with Gasteiger partial charge in [-0.25, -0.2) is 9.59 Å². The van der Waals surface area contributed by atoms with Crippen molar-refractivity contribution in [3.05, 3.63) is 32.9 Å². The van der Waals surface area contributed by atoms with Crippen molar-refractivity contribution in [2.45, 2.75) is 46.1 Å². The monoisotopic (exact) mass is 404 g/mol. The molecule has 0 saturated carbocycles. The molecule has 0 fully saturated rings. The van der Waals surface area contributed by atoms with E-state index in [9.17, 15) is 9.59 Å². The summed E-state index contributed by atoms with van der Waals surface area (Å²) in [6.45, 7) is 7.74. The summed E-state index contributed by atoms with van der Waals surface area (Å²) in [4.78, 5) is 24.3. The number of esters is 2. The number of hydrogen-bond acceptors (Lipinski definition) is 4. The van der Waals surface area contributed by atoms with Crippen molar-refractivity contribution in [3.8, 4) is 0 Å². The van der Waals surface area contributed by atoms with Gasteiger partial charge in [0, 0.05) is 3.57 Å². The molecule has 0 aromatic heterocycles. The van der Waals surface area contributed by atoms with Gasteiger partial charge in [-0.05, 0) is 68.0 Å². The molecule has 0 N–H and O–H groups in total. The van der Waals surface area contributed by atoms with Crippen LogP contribution in [0.5, 0.6) is 0 Å². The van der Waals surface area contributed by atoms with Crippen LogP contribution in [-0.4, -0.2) is 24.1 Å². The first-order chi connectivity index (χ1) is 9.74. The fraction of sp³-hybridized carbons (Fsp3) is 0.500. The molecule has 116 valence electrons. The summed E-state index contributed by atoms with van der Waals surface area (Å²) in [5.41, 5.74) is -0.110. The van der Waals surface area contributed by atoms with E-state index in [1.165, 1.54) is 0 Å². The summed E-state index contributed by atoms with van der Waals surface area (Å²) >= 11 is 2.09. The van der Waals surface area contributed by atoms with Crippen LogP contribution in [0.15, 0.2) is 18.2 Å². The van der Waals surface area contributed by atoms with Crippen molar-refractivity contribution < 1.29 is 19.1 Å². The van der Waals surface area contributed by atoms with Crippen molar-refractivity contribution in [1.29, 1.82) is 0 Å². The third-order valence-corrected chi connectivity index (χ3v) is 3.22. The molecule has 0 aliphatic carbocycles. The summed E-state index contributed by atoms with van der Waals surface area (Å²) in [6, 6.07) is 5.02. The van der Waals surface area contributed by atoms with Gasteiger partial charge >= 0.3 is 11.9 Å². The van der Waals surface area contributed by atoms with Crippen LogP contribution in [0.1, 0.15) is 61.3 Å². The summed E-state index contributed by atoms with van der Waals surface area (Å²) in [5, 5.41) is 0. The van der Waals surface area contributed by atoms with E-state index in [0.29, 0.717) is 6.61 Å². The van der Waals surface area contributed by atoms with Crippen LogP contribution in [-0.2, 0) is 9.47 Å². The molecule has 0 unspecified atom stereocenters. The summed E-state index contributed by atoms with van der Waals surface area (Å²) in [5.74, 6) is -0.996. The van der Waals surface area contributed by atoms with Crippen LogP contribution in [0.2, 0.25) is 0 Å². The van der Waals surface area contributed by atoms with Gasteiger partial charge in [-0.3, -0.25) is 0 Å². The zero-order valence-corrected chi connectivity index (χ0v) is 15.0. The van der Waals surface area contributed by atoms with Gasteiger partial charge in [0.15, 0.2) is 0 Å². The molecule has 0 aliphatic rings. The Morgan fingerprint density at radius 3 is 2.38 bits per heavy atom. The van der Waals surface area contributed by atoms with Gasteiger partial charge in [0.25, 0.3) is 0 Å². The molecule has 0 aliphatic heterocycles. The topological polar surface area (TPSA) is 52.6 Å². The fourth-order valence-corrected chi connectivity index (χ4v) is 2.07. The quantitative estimate of drug-likeness (QED) is 0.419. The predicted octanol–water partition coefficient (Wildman–Crippen LogP) is 4.20. The van der Waals surface area contributed by atoms with E-state index in [1.54, 1.807) is 39.0 Å². The van der Waals surface area contributed by atoms with Gasteiger partial charge in [0.2, 0.25) is 0 Å². The Morgan fingerprint density at radius 1 is 1.14 bits per heavy atom. The van der Waals surface area contributed by atoms with E-state index in [2.05, 4.69) is 22.6 Å². The Balaban J connectivity index is 2.99. The average molecular weight is 404 g/mol. The molecule has 1 rings (SSSR count). The minimum absolute atomic E-state index is 0.248. The molecule has 0 bridgehead atoms. The second kappa shape index (κ2) is 7.77. The number of unbranched alkanes of at least 4 members (excludes halogenated alkanes) is 1. The minimum Gasteiger partial charge on any atom is -0.462 e. The lowest BCUT2D eigenvalue weighted by atomic mass is 10.1. The van der Waals surface area contributed by atoms with E-state index < -0.39 is 17.5 Å². The number of halogens is 1. The molecule has 0 amide bonds. The normalized spacial score (nSPS) is 11.1. The maximum atomic E-state index is 12.2. The maximum Gasteiger partial charge on any atom is 0.339 e. The second-order valence-electron chi connectivity index (χ2n) is 5.68. The first-order valence-electron chi connectivity index (χ1n) is 6.94. The average Bonchev–Trinajstić information content (AvgIpc) is 2.36. The van der Waals surface area contributed by atoms with Crippen LogP contribution >= 0.6 is 22.6 Å². The van der Waals surface area contributed by atoms with E-state index in [4.69, 9.17) is 9.47 Å². The molecular weight excluding hydrogens is 383 g/mol. The Kier molecular flexibility index (Phi) is 6.64. The minimum atomic E-state index is -0.609. The van der Waals surface area contributed by atoms with E-state index >= 15 is 0 Å². The first-order valence-corrected chi connectivity index (χ1v) is 8.02. The zero-order valence-electron chi connectivity index (χ0n) is 12.9. The lowest BCUT2D eigenvalue weighted by Gasteiger charge is -2.20. The standard InChI is InChI=1S/C16H21IO4/c1-5-6-9-20-14(18)12-8-7-11(17)10-13(12)15(19)21-16(2,3)4/h7-8,10H,5-6,9H2,1-4H3. The molecule has 1 aromatic rings. The van der Waals surface area contributed by atoms with Crippen LogP contribution in [0.25, 0.3) is 0 Å². The SMILES string of the molecule is CCCCOC(=O)c1ccc(I)cc1C(=O)OC(C)(C)C. The molecule has 0 spiro atoms. The Morgan fingerprint density at radius 2 is 1.81 bits per heavy atom. The third kappa shape index (κ3) is 6.03. The lowest BCUT2D eigenvalue weighted by Crippen LogP contribution is -2.25. The number of rotatable bonds is 5. The molecule has 0 atom stereocenters. The number of hydrogen-bond donors (Lipinski definition) is 0. The van der Waals surface area contributed by atoms with E-state index in [-0.39, 0.29) is 11.1 Å². The zero-order chi connectivity index (χ0) is 16.0. The Hall–Kier alpha value is -1.11. The van der Waals surface area contributed by atoms with Gasteiger partial charge in [-0.2, -0.15) is 0 Å². The summed E-state index contributed by atoms with van der Waals surface area (Å²) in [7, 11) is 0.